The first-order valence-electron chi connectivity index (χ1n) is 3.62. The van der Waals surface area contributed by atoms with Crippen molar-refractivity contribution in [1.82, 2.24) is 0 Å². The first kappa shape index (κ1) is 6.79. The van der Waals surface area contributed by atoms with Crippen LogP contribution in [0.1, 0.15) is 13.3 Å². The van der Waals surface area contributed by atoms with Crippen molar-refractivity contribution in [2.75, 3.05) is 6.61 Å². The van der Waals surface area contributed by atoms with Gasteiger partial charge in [0.05, 0.1) is 6.61 Å². The van der Waals surface area contributed by atoms with E-state index < -0.39 is 0 Å². The second kappa shape index (κ2) is 2.30. The highest BCUT2D eigenvalue weighted by Crippen LogP contribution is 2.24. The molecule has 0 spiro atoms. The zero-order valence-corrected chi connectivity index (χ0v) is 6.24. The summed E-state index contributed by atoms with van der Waals surface area (Å²) in [5.74, 6) is -0.00634. The molecule has 11 heavy (non-hydrogen) atoms. The van der Waals surface area contributed by atoms with Crippen LogP contribution in [0.25, 0.3) is 0 Å². The highest BCUT2D eigenvalue weighted by molar-refractivity contribution is 6.39. The third-order valence-corrected chi connectivity index (χ3v) is 1.87. The molecule has 1 fully saturated rings. The average Bonchev–Trinajstić information content (AvgIpc) is 2.68. The Kier molecular flexibility index (Phi) is 1.42. The van der Waals surface area contributed by atoms with E-state index in [0.29, 0.717) is 12.1 Å². The number of carbonyl (C=O) groups excluding carboxylic acids is 1. The molecule has 0 unspecified atom stereocenters. The minimum atomic E-state index is -0.00634. The molecule has 2 heterocycles. The topological polar surface area (TPSA) is 51.2 Å². The Labute approximate surface area is 64.2 Å². The third-order valence-electron chi connectivity index (χ3n) is 1.87. The second-order valence-corrected chi connectivity index (χ2v) is 2.81. The lowest BCUT2D eigenvalue weighted by atomic mass is 10.1. The van der Waals surface area contributed by atoms with E-state index >= 15 is 0 Å². The molecule has 4 nitrogen and oxygen atoms in total. The van der Waals surface area contributed by atoms with Crippen LogP contribution in [0, 0.1) is 0 Å². The van der Waals surface area contributed by atoms with Crippen LogP contribution in [0.2, 0.25) is 0 Å². The van der Waals surface area contributed by atoms with Crippen LogP contribution in [0.15, 0.2) is 5.16 Å². The van der Waals surface area contributed by atoms with E-state index in [9.17, 15) is 4.79 Å². The van der Waals surface area contributed by atoms with Crippen molar-refractivity contribution in [2.45, 2.75) is 25.6 Å². The number of hydrogen-bond donors (Lipinski definition) is 0. The molecule has 60 valence electrons. The SMILES string of the molecule is CC(=O)C1=NO[C@H]([C@@H]2CO2)C1. The van der Waals surface area contributed by atoms with E-state index in [1.807, 2.05) is 0 Å². The number of Topliss-reactive ketones (excluding diaryl/α,β-unsaturated/α-hetero) is 1. The highest BCUT2D eigenvalue weighted by atomic mass is 16.7. The lowest BCUT2D eigenvalue weighted by Gasteiger charge is -2.00. The predicted octanol–water partition coefficient (Wildman–Crippen LogP) is 0.119. The molecule has 2 rings (SSSR count). The largest absolute Gasteiger partial charge is 0.389 e. The first-order chi connectivity index (χ1) is 5.27. The van der Waals surface area contributed by atoms with Crippen molar-refractivity contribution in [3.8, 4) is 0 Å². The van der Waals surface area contributed by atoms with E-state index in [0.717, 1.165) is 6.61 Å². The average molecular weight is 155 g/mol. The third kappa shape index (κ3) is 1.26. The summed E-state index contributed by atoms with van der Waals surface area (Å²) in [5.41, 5.74) is 0.533. The summed E-state index contributed by atoms with van der Waals surface area (Å²) in [7, 11) is 0. The maximum Gasteiger partial charge on any atom is 0.177 e. The van der Waals surface area contributed by atoms with E-state index in [1.54, 1.807) is 0 Å². The number of epoxide rings is 1. The number of ketones is 1. The molecule has 0 saturated carbocycles. The van der Waals surface area contributed by atoms with Crippen molar-refractivity contribution in [2.24, 2.45) is 5.16 Å². The summed E-state index contributed by atoms with van der Waals surface area (Å²) in [4.78, 5) is 15.8. The summed E-state index contributed by atoms with van der Waals surface area (Å²) in [6.07, 6.45) is 0.782. The Morgan fingerprint density at radius 1 is 1.64 bits per heavy atom. The molecule has 0 aromatic carbocycles. The lowest BCUT2D eigenvalue weighted by Crippen LogP contribution is -2.17. The zero-order valence-electron chi connectivity index (χ0n) is 6.24. The van der Waals surface area contributed by atoms with Gasteiger partial charge in [0, 0.05) is 13.3 Å². The molecule has 0 radical (unpaired) electrons. The van der Waals surface area contributed by atoms with Crippen LogP contribution in [-0.2, 0) is 14.4 Å². The molecule has 0 aliphatic carbocycles. The van der Waals surface area contributed by atoms with Gasteiger partial charge in [0.1, 0.15) is 11.8 Å². The van der Waals surface area contributed by atoms with Gasteiger partial charge in [0.25, 0.3) is 0 Å². The van der Waals surface area contributed by atoms with Crippen molar-refractivity contribution in [3.05, 3.63) is 0 Å². The molecule has 4 heteroatoms. The Morgan fingerprint density at radius 2 is 2.36 bits per heavy atom. The van der Waals surface area contributed by atoms with Gasteiger partial charge in [-0.1, -0.05) is 5.16 Å². The quantitative estimate of drug-likeness (QED) is 0.532. The van der Waals surface area contributed by atoms with Crippen LogP contribution in [0.4, 0.5) is 0 Å². The van der Waals surface area contributed by atoms with Gasteiger partial charge >= 0.3 is 0 Å². The maximum absolute atomic E-state index is 10.8. The molecule has 0 aromatic heterocycles. The van der Waals surface area contributed by atoms with Gasteiger partial charge in [-0.15, -0.1) is 0 Å². The molecule has 2 aliphatic rings. The molecule has 2 aliphatic heterocycles. The van der Waals surface area contributed by atoms with E-state index in [2.05, 4.69) is 5.16 Å². The van der Waals surface area contributed by atoms with Gasteiger partial charge in [0.2, 0.25) is 0 Å². The summed E-state index contributed by atoms with van der Waals surface area (Å²) in [6.45, 7) is 2.24. The highest BCUT2D eigenvalue weighted by Gasteiger charge is 2.39. The maximum atomic E-state index is 10.8. The van der Waals surface area contributed by atoms with Crippen molar-refractivity contribution >= 4 is 11.5 Å². The van der Waals surface area contributed by atoms with Gasteiger partial charge in [-0.2, -0.15) is 0 Å². The Hall–Kier alpha value is -0.900. The fraction of sp³-hybridized carbons (Fsp3) is 0.714. The fourth-order valence-corrected chi connectivity index (χ4v) is 1.07. The Morgan fingerprint density at radius 3 is 2.82 bits per heavy atom. The number of carbonyl (C=O) groups is 1. The molecule has 0 amide bonds. The van der Waals surface area contributed by atoms with Crippen LogP contribution in [-0.4, -0.2) is 30.3 Å². The minimum Gasteiger partial charge on any atom is -0.389 e. The van der Waals surface area contributed by atoms with Crippen molar-refractivity contribution in [3.63, 3.8) is 0 Å². The summed E-state index contributed by atoms with van der Waals surface area (Å²) < 4.78 is 5.01. The fourth-order valence-electron chi connectivity index (χ4n) is 1.07. The summed E-state index contributed by atoms with van der Waals surface area (Å²) >= 11 is 0. The minimum absolute atomic E-state index is 0.00565. The Balaban J connectivity index is 1.93. The van der Waals surface area contributed by atoms with Gasteiger partial charge in [-0.3, -0.25) is 4.79 Å². The van der Waals surface area contributed by atoms with Crippen LogP contribution >= 0.6 is 0 Å². The van der Waals surface area contributed by atoms with Crippen molar-refractivity contribution in [1.29, 1.82) is 0 Å². The number of hydrogen-bond acceptors (Lipinski definition) is 4. The zero-order chi connectivity index (χ0) is 7.84. The van der Waals surface area contributed by atoms with Crippen LogP contribution in [0.3, 0.4) is 0 Å². The number of rotatable bonds is 2. The van der Waals surface area contributed by atoms with E-state index in [4.69, 9.17) is 9.57 Å². The molecule has 0 N–H and O–H groups in total. The van der Waals surface area contributed by atoms with Gasteiger partial charge in [0.15, 0.2) is 11.9 Å². The molecular formula is C7H9NO3. The monoisotopic (exact) mass is 155 g/mol. The van der Waals surface area contributed by atoms with E-state index in [-0.39, 0.29) is 18.0 Å². The standard InChI is InChI=1S/C7H9NO3/c1-4(9)5-2-6(11-8-5)7-3-10-7/h6-7H,2-3H2,1H3/t6-,7-/m0/s1. The summed E-state index contributed by atoms with van der Waals surface area (Å²) in [6, 6.07) is 0. The van der Waals surface area contributed by atoms with Gasteiger partial charge in [-0.05, 0) is 0 Å². The number of nitrogens with zero attached hydrogens (tertiary/aromatic N) is 1. The number of oxime groups is 1. The summed E-state index contributed by atoms with van der Waals surface area (Å²) in [5, 5.41) is 3.66. The first-order valence-corrected chi connectivity index (χ1v) is 3.62. The number of ether oxygens (including phenoxy) is 1. The molecule has 1 saturated heterocycles. The van der Waals surface area contributed by atoms with Crippen LogP contribution < -0.4 is 0 Å². The van der Waals surface area contributed by atoms with Crippen LogP contribution in [0.5, 0.6) is 0 Å². The smallest absolute Gasteiger partial charge is 0.177 e. The molecule has 2 atom stereocenters. The molecule has 0 aromatic rings. The van der Waals surface area contributed by atoms with E-state index in [1.165, 1.54) is 6.92 Å². The molecule has 0 bridgehead atoms. The molecular weight excluding hydrogens is 146 g/mol. The van der Waals surface area contributed by atoms with Gasteiger partial charge < -0.3 is 9.57 Å². The predicted molar refractivity (Wildman–Crippen MR) is 37.3 cm³/mol. The van der Waals surface area contributed by atoms with Crippen molar-refractivity contribution < 1.29 is 14.4 Å². The second-order valence-electron chi connectivity index (χ2n) is 2.81. The lowest BCUT2D eigenvalue weighted by molar-refractivity contribution is -0.111. The van der Waals surface area contributed by atoms with Gasteiger partial charge in [-0.25, -0.2) is 0 Å². The Bertz CT molecular complexity index is 220. The normalized spacial score (nSPS) is 34.5.